The highest BCUT2D eigenvalue weighted by atomic mass is 15.1. The van der Waals surface area contributed by atoms with E-state index in [1.807, 2.05) is 0 Å². The first-order valence-corrected chi connectivity index (χ1v) is 8.21. The van der Waals surface area contributed by atoms with Crippen molar-refractivity contribution >= 4 is 0 Å². The van der Waals surface area contributed by atoms with E-state index in [0.29, 0.717) is 0 Å². The molecule has 0 aromatic heterocycles. The first kappa shape index (κ1) is 14.3. The summed E-state index contributed by atoms with van der Waals surface area (Å²) in [7, 11) is 0. The van der Waals surface area contributed by atoms with Gasteiger partial charge in [-0.05, 0) is 83.0 Å². The van der Waals surface area contributed by atoms with Gasteiger partial charge in [-0.2, -0.15) is 0 Å². The fourth-order valence-electron chi connectivity index (χ4n) is 3.64. The Kier molecular flexibility index (Phi) is 5.97. The van der Waals surface area contributed by atoms with E-state index < -0.39 is 0 Å². The molecule has 2 nitrogen and oxygen atoms in total. The second kappa shape index (κ2) is 7.49. The van der Waals surface area contributed by atoms with Gasteiger partial charge in [-0.3, -0.25) is 0 Å². The summed E-state index contributed by atoms with van der Waals surface area (Å²) in [6, 6.07) is 0.834. The molecule has 0 aromatic carbocycles. The summed E-state index contributed by atoms with van der Waals surface area (Å²) < 4.78 is 0. The Balaban J connectivity index is 1.61. The molecule has 0 radical (unpaired) electrons. The molecule has 0 aliphatic carbocycles. The van der Waals surface area contributed by atoms with E-state index in [-0.39, 0.29) is 0 Å². The van der Waals surface area contributed by atoms with Crippen molar-refractivity contribution in [3.8, 4) is 0 Å². The molecule has 18 heavy (non-hydrogen) atoms. The molecular weight excluding hydrogens is 220 g/mol. The average Bonchev–Trinajstić information content (AvgIpc) is 2.73. The Morgan fingerprint density at radius 3 is 2.72 bits per heavy atom. The summed E-state index contributed by atoms with van der Waals surface area (Å²) in [6.45, 7) is 10.1. The van der Waals surface area contributed by atoms with Crippen molar-refractivity contribution in [1.29, 1.82) is 0 Å². The van der Waals surface area contributed by atoms with E-state index in [0.717, 1.165) is 17.9 Å². The fraction of sp³-hybridized carbons (Fsp3) is 1.00. The minimum atomic E-state index is 0.834. The molecule has 2 fully saturated rings. The van der Waals surface area contributed by atoms with Crippen molar-refractivity contribution in [3.05, 3.63) is 0 Å². The topological polar surface area (TPSA) is 15.3 Å². The molecule has 0 aromatic rings. The largest absolute Gasteiger partial charge is 0.314 e. The van der Waals surface area contributed by atoms with Crippen LogP contribution in [0.15, 0.2) is 0 Å². The van der Waals surface area contributed by atoms with Gasteiger partial charge in [-0.1, -0.05) is 13.8 Å². The van der Waals surface area contributed by atoms with Crippen LogP contribution in [0.2, 0.25) is 0 Å². The van der Waals surface area contributed by atoms with Crippen LogP contribution in [0.4, 0.5) is 0 Å². The number of nitrogens with one attached hydrogen (secondary N) is 1. The van der Waals surface area contributed by atoms with E-state index in [1.165, 1.54) is 71.1 Å². The number of nitrogens with zero attached hydrogens (tertiary/aromatic N) is 1. The van der Waals surface area contributed by atoms with Crippen LogP contribution in [0.5, 0.6) is 0 Å². The van der Waals surface area contributed by atoms with Crippen LogP contribution in [0.1, 0.15) is 58.8 Å². The molecule has 0 amide bonds. The van der Waals surface area contributed by atoms with Gasteiger partial charge in [0, 0.05) is 6.04 Å². The molecule has 106 valence electrons. The SMILES string of the molecule is CC(C)C1CCCN(CCCC2CCCN2)CC1. The predicted molar refractivity (Wildman–Crippen MR) is 78.9 cm³/mol. The molecule has 2 aliphatic heterocycles. The van der Waals surface area contributed by atoms with Crippen LogP contribution >= 0.6 is 0 Å². The highest BCUT2D eigenvalue weighted by Crippen LogP contribution is 2.24. The van der Waals surface area contributed by atoms with Crippen molar-refractivity contribution in [2.45, 2.75) is 64.8 Å². The second-order valence-corrected chi connectivity index (χ2v) is 6.71. The van der Waals surface area contributed by atoms with Gasteiger partial charge in [0.1, 0.15) is 0 Å². The number of hydrogen-bond donors (Lipinski definition) is 1. The van der Waals surface area contributed by atoms with Crippen molar-refractivity contribution in [2.24, 2.45) is 11.8 Å². The van der Waals surface area contributed by atoms with Crippen molar-refractivity contribution in [3.63, 3.8) is 0 Å². The molecule has 0 bridgehead atoms. The summed E-state index contributed by atoms with van der Waals surface area (Å²) in [5, 5.41) is 3.61. The summed E-state index contributed by atoms with van der Waals surface area (Å²) >= 11 is 0. The number of likely N-dealkylation sites (tertiary alicyclic amines) is 1. The Labute approximate surface area is 114 Å². The molecule has 2 heteroatoms. The second-order valence-electron chi connectivity index (χ2n) is 6.71. The lowest BCUT2D eigenvalue weighted by Crippen LogP contribution is -2.28. The average molecular weight is 252 g/mol. The maximum absolute atomic E-state index is 3.61. The third-order valence-electron chi connectivity index (χ3n) is 5.00. The van der Waals surface area contributed by atoms with Gasteiger partial charge in [-0.15, -0.1) is 0 Å². The molecule has 2 atom stereocenters. The lowest BCUT2D eigenvalue weighted by Gasteiger charge is -2.22. The van der Waals surface area contributed by atoms with Crippen molar-refractivity contribution < 1.29 is 0 Å². The van der Waals surface area contributed by atoms with Crippen LogP contribution in [-0.4, -0.2) is 37.1 Å². The number of rotatable bonds is 5. The zero-order chi connectivity index (χ0) is 12.8. The Bertz CT molecular complexity index is 221. The minimum absolute atomic E-state index is 0.834. The van der Waals surface area contributed by atoms with Gasteiger partial charge in [-0.25, -0.2) is 0 Å². The lowest BCUT2D eigenvalue weighted by molar-refractivity contribution is 0.263. The van der Waals surface area contributed by atoms with E-state index >= 15 is 0 Å². The summed E-state index contributed by atoms with van der Waals surface area (Å²) in [4.78, 5) is 2.72. The van der Waals surface area contributed by atoms with Crippen LogP contribution < -0.4 is 5.32 Å². The number of hydrogen-bond acceptors (Lipinski definition) is 2. The molecule has 2 saturated heterocycles. The highest BCUT2D eigenvalue weighted by molar-refractivity contribution is 4.76. The van der Waals surface area contributed by atoms with Crippen LogP contribution in [-0.2, 0) is 0 Å². The first-order valence-electron chi connectivity index (χ1n) is 8.21. The quantitative estimate of drug-likeness (QED) is 0.808. The standard InChI is InChI=1S/C16H32N2/c1-14(2)15-6-4-11-18(13-9-15)12-5-8-16-7-3-10-17-16/h14-17H,3-13H2,1-2H3. The molecule has 2 heterocycles. The third kappa shape index (κ3) is 4.55. The molecule has 0 saturated carbocycles. The monoisotopic (exact) mass is 252 g/mol. The van der Waals surface area contributed by atoms with Gasteiger partial charge in [0.2, 0.25) is 0 Å². The Morgan fingerprint density at radius 1 is 1.11 bits per heavy atom. The maximum Gasteiger partial charge on any atom is 0.00680 e. The third-order valence-corrected chi connectivity index (χ3v) is 5.00. The van der Waals surface area contributed by atoms with Crippen molar-refractivity contribution in [1.82, 2.24) is 10.2 Å². The van der Waals surface area contributed by atoms with Gasteiger partial charge in [0.25, 0.3) is 0 Å². The zero-order valence-electron chi connectivity index (χ0n) is 12.5. The molecule has 2 aliphatic rings. The Morgan fingerprint density at radius 2 is 2.00 bits per heavy atom. The van der Waals surface area contributed by atoms with E-state index in [1.54, 1.807) is 0 Å². The zero-order valence-corrected chi connectivity index (χ0v) is 12.5. The molecule has 2 rings (SSSR count). The van der Waals surface area contributed by atoms with Gasteiger partial charge < -0.3 is 10.2 Å². The minimum Gasteiger partial charge on any atom is -0.314 e. The van der Waals surface area contributed by atoms with E-state index in [4.69, 9.17) is 0 Å². The van der Waals surface area contributed by atoms with Crippen LogP contribution in [0, 0.1) is 11.8 Å². The van der Waals surface area contributed by atoms with Gasteiger partial charge in [0.05, 0.1) is 0 Å². The first-order chi connectivity index (χ1) is 8.75. The predicted octanol–water partition coefficient (Wildman–Crippen LogP) is 3.28. The van der Waals surface area contributed by atoms with E-state index in [9.17, 15) is 0 Å². The molecule has 1 N–H and O–H groups in total. The van der Waals surface area contributed by atoms with Crippen LogP contribution in [0.25, 0.3) is 0 Å². The van der Waals surface area contributed by atoms with Crippen LogP contribution in [0.3, 0.4) is 0 Å². The van der Waals surface area contributed by atoms with E-state index in [2.05, 4.69) is 24.1 Å². The summed E-state index contributed by atoms with van der Waals surface area (Å²) in [5.74, 6) is 1.86. The van der Waals surface area contributed by atoms with Gasteiger partial charge in [0.15, 0.2) is 0 Å². The smallest absolute Gasteiger partial charge is 0.00680 e. The molecular formula is C16H32N2. The summed E-state index contributed by atoms with van der Waals surface area (Å²) in [6.07, 6.45) is 9.90. The normalized spacial score (nSPS) is 30.8. The fourth-order valence-corrected chi connectivity index (χ4v) is 3.64. The van der Waals surface area contributed by atoms with Gasteiger partial charge >= 0.3 is 0 Å². The maximum atomic E-state index is 3.61. The summed E-state index contributed by atoms with van der Waals surface area (Å²) in [5.41, 5.74) is 0. The molecule has 0 spiro atoms. The Hall–Kier alpha value is -0.0800. The van der Waals surface area contributed by atoms with Crippen molar-refractivity contribution in [2.75, 3.05) is 26.2 Å². The highest BCUT2D eigenvalue weighted by Gasteiger charge is 2.19. The lowest BCUT2D eigenvalue weighted by atomic mass is 9.89. The molecule has 2 unspecified atom stereocenters.